The molecular formula is C24H23ClN2O5S. The molecule has 0 saturated carbocycles. The average Bonchev–Trinajstić information content (AvgIpc) is 2.79. The number of nitrogens with one attached hydrogen (secondary N) is 1. The number of anilines is 1. The molecule has 0 aliphatic rings. The van der Waals surface area contributed by atoms with Crippen molar-refractivity contribution in [1.82, 2.24) is 4.31 Å². The van der Waals surface area contributed by atoms with Crippen molar-refractivity contribution in [3.05, 3.63) is 88.4 Å². The highest BCUT2D eigenvalue weighted by molar-refractivity contribution is 7.89. The second kappa shape index (κ2) is 10.2. The first-order valence-corrected chi connectivity index (χ1v) is 11.7. The van der Waals surface area contributed by atoms with Crippen LogP contribution in [0.5, 0.6) is 5.75 Å². The van der Waals surface area contributed by atoms with Gasteiger partial charge >= 0.3 is 0 Å². The van der Waals surface area contributed by atoms with Gasteiger partial charge in [-0.05, 0) is 61.5 Å². The molecule has 0 aliphatic carbocycles. The van der Waals surface area contributed by atoms with Gasteiger partial charge in [0.05, 0.1) is 12.0 Å². The summed E-state index contributed by atoms with van der Waals surface area (Å²) in [6, 6.07) is 17.3. The molecule has 1 N–H and O–H groups in total. The highest BCUT2D eigenvalue weighted by atomic mass is 35.5. The summed E-state index contributed by atoms with van der Waals surface area (Å²) in [5.74, 6) is -0.0612. The monoisotopic (exact) mass is 486 g/mol. The van der Waals surface area contributed by atoms with Gasteiger partial charge < -0.3 is 10.1 Å². The average molecular weight is 487 g/mol. The van der Waals surface area contributed by atoms with Gasteiger partial charge in [0.25, 0.3) is 5.91 Å². The number of rotatable bonds is 8. The molecule has 7 nitrogen and oxygen atoms in total. The molecule has 3 aromatic rings. The smallest absolute Gasteiger partial charge is 0.255 e. The lowest BCUT2D eigenvalue weighted by molar-refractivity contribution is 0.101. The number of hydrogen-bond donors (Lipinski definition) is 1. The highest BCUT2D eigenvalue weighted by Gasteiger charge is 2.23. The van der Waals surface area contributed by atoms with Crippen LogP contribution >= 0.6 is 11.6 Å². The van der Waals surface area contributed by atoms with Crippen LogP contribution in [0.25, 0.3) is 0 Å². The maximum absolute atomic E-state index is 12.9. The van der Waals surface area contributed by atoms with Gasteiger partial charge in [-0.1, -0.05) is 23.7 Å². The van der Waals surface area contributed by atoms with E-state index in [4.69, 9.17) is 16.3 Å². The molecule has 0 spiro atoms. The van der Waals surface area contributed by atoms with Gasteiger partial charge in [-0.3, -0.25) is 9.59 Å². The molecule has 33 heavy (non-hydrogen) atoms. The summed E-state index contributed by atoms with van der Waals surface area (Å²) < 4.78 is 32.4. The molecule has 0 unspecified atom stereocenters. The fourth-order valence-electron chi connectivity index (χ4n) is 3.17. The number of amides is 1. The predicted molar refractivity (Wildman–Crippen MR) is 127 cm³/mol. The van der Waals surface area contributed by atoms with Crippen LogP contribution < -0.4 is 10.1 Å². The van der Waals surface area contributed by atoms with E-state index in [0.29, 0.717) is 33.1 Å². The lowest BCUT2D eigenvalue weighted by Gasteiger charge is -2.19. The van der Waals surface area contributed by atoms with E-state index < -0.39 is 15.9 Å². The van der Waals surface area contributed by atoms with E-state index in [9.17, 15) is 18.0 Å². The van der Waals surface area contributed by atoms with Crippen LogP contribution in [0, 0.1) is 0 Å². The lowest BCUT2D eigenvalue weighted by atomic mass is 10.1. The van der Waals surface area contributed by atoms with Crippen molar-refractivity contribution in [3.63, 3.8) is 0 Å². The van der Waals surface area contributed by atoms with E-state index in [-0.39, 0.29) is 17.2 Å². The Morgan fingerprint density at radius 3 is 2.33 bits per heavy atom. The summed E-state index contributed by atoms with van der Waals surface area (Å²) in [7, 11) is -0.867. The first-order valence-electron chi connectivity index (χ1n) is 9.93. The van der Waals surface area contributed by atoms with Gasteiger partial charge in [-0.15, -0.1) is 0 Å². The van der Waals surface area contributed by atoms with Crippen LogP contribution in [0.3, 0.4) is 0 Å². The number of benzene rings is 3. The standard InChI is InChI=1S/C24H23ClN2O5S/c1-16(28)17-5-4-6-21(14-17)26-24(29)18-7-12-23(32-3)19(13-18)15-27(2)33(30,31)22-10-8-20(25)9-11-22/h4-14H,15H2,1-3H3,(H,26,29). The lowest BCUT2D eigenvalue weighted by Crippen LogP contribution is -2.27. The maximum atomic E-state index is 12.9. The van der Waals surface area contributed by atoms with Gasteiger partial charge in [0.2, 0.25) is 10.0 Å². The zero-order valence-corrected chi connectivity index (χ0v) is 19.9. The predicted octanol–water partition coefficient (Wildman–Crippen LogP) is 4.62. The Balaban J connectivity index is 1.84. The molecule has 0 aliphatic heterocycles. The van der Waals surface area contributed by atoms with E-state index in [1.54, 1.807) is 42.5 Å². The summed E-state index contributed by atoms with van der Waals surface area (Å²) in [4.78, 5) is 24.5. The summed E-state index contributed by atoms with van der Waals surface area (Å²) in [6.45, 7) is 1.43. The molecule has 9 heteroatoms. The van der Waals surface area contributed by atoms with E-state index in [1.165, 1.54) is 49.7 Å². The minimum absolute atomic E-state index is 0.0188. The van der Waals surface area contributed by atoms with Gasteiger partial charge in [-0.25, -0.2) is 8.42 Å². The molecule has 0 saturated heterocycles. The Hall–Kier alpha value is -3.20. The molecule has 0 fully saturated rings. The third kappa shape index (κ3) is 5.78. The Labute approximate surface area is 198 Å². The third-order valence-corrected chi connectivity index (χ3v) is 7.05. The van der Waals surface area contributed by atoms with E-state index >= 15 is 0 Å². The van der Waals surface area contributed by atoms with Crippen molar-refractivity contribution in [1.29, 1.82) is 0 Å². The van der Waals surface area contributed by atoms with Gasteiger partial charge in [-0.2, -0.15) is 4.31 Å². The SMILES string of the molecule is COc1ccc(C(=O)Nc2cccc(C(C)=O)c2)cc1CN(C)S(=O)(=O)c1ccc(Cl)cc1. The largest absolute Gasteiger partial charge is 0.496 e. The minimum Gasteiger partial charge on any atom is -0.496 e. The second-order valence-electron chi connectivity index (χ2n) is 7.33. The van der Waals surface area contributed by atoms with Crippen LogP contribution in [0.4, 0.5) is 5.69 Å². The van der Waals surface area contributed by atoms with Crippen molar-refractivity contribution >= 4 is 39.0 Å². The second-order valence-corrected chi connectivity index (χ2v) is 9.81. The normalized spacial score (nSPS) is 11.3. The topological polar surface area (TPSA) is 92.8 Å². The first-order chi connectivity index (χ1) is 15.6. The molecule has 0 bridgehead atoms. The van der Waals surface area contributed by atoms with Crippen LogP contribution in [0.15, 0.2) is 71.6 Å². The van der Waals surface area contributed by atoms with Crippen LogP contribution in [-0.4, -0.2) is 38.6 Å². The van der Waals surface area contributed by atoms with Crippen molar-refractivity contribution < 1.29 is 22.7 Å². The molecule has 0 aromatic heterocycles. The molecule has 1 amide bonds. The zero-order valence-electron chi connectivity index (χ0n) is 18.3. The summed E-state index contributed by atoms with van der Waals surface area (Å²) >= 11 is 5.86. The van der Waals surface area contributed by atoms with Crippen molar-refractivity contribution in [2.45, 2.75) is 18.4 Å². The number of nitrogens with zero attached hydrogens (tertiary/aromatic N) is 1. The minimum atomic E-state index is -3.79. The molecule has 0 atom stereocenters. The quantitative estimate of drug-likeness (QED) is 0.469. The van der Waals surface area contributed by atoms with E-state index in [1.807, 2.05) is 0 Å². The number of carbonyl (C=O) groups excluding carboxylic acids is 2. The summed E-state index contributed by atoms with van der Waals surface area (Å²) in [5, 5.41) is 3.19. The number of sulfonamides is 1. The van der Waals surface area contributed by atoms with Gasteiger partial charge in [0.15, 0.2) is 5.78 Å². The molecule has 0 radical (unpaired) electrons. The van der Waals surface area contributed by atoms with Gasteiger partial charge in [0.1, 0.15) is 5.75 Å². The fraction of sp³-hybridized carbons (Fsp3) is 0.167. The van der Waals surface area contributed by atoms with Crippen LogP contribution in [-0.2, 0) is 16.6 Å². The Bertz CT molecular complexity index is 1290. The fourth-order valence-corrected chi connectivity index (χ4v) is 4.45. The number of halogens is 1. The van der Waals surface area contributed by atoms with Crippen LogP contribution in [0.2, 0.25) is 5.02 Å². The number of ketones is 1. The molecule has 172 valence electrons. The Morgan fingerprint density at radius 2 is 1.70 bits per heavy atom. The number of methoxy groups -OCH3 is 1. The van der Waals surface area contributed by atoms with Crippen molar-refractivity contribution in [3.8, 4) is 5.75 Å². The van der Waals surface area contributed by atoms with E-state index in [0.717, 1.165) is 0 Å². The third-order valence-electron chi connectivity index (χ3n) is 4.98. The molecule has 0 heterocycles. The molecule has 3 aromatic carbocycles. The van der Waals surface area contributed by atoms with Crippen molar-refractivity contribution in [2.24, 2.45) is 0 Å². The Kier molecular flexibility index (Phi) is 7.53. The number of hydrogen-bond acceptors (Lipinski definition) is 5. The van der Waals surface area contributed by atoms with E-state index in [2.05, 4.69) is 5.32 Å². The van der Waals surface area contributed by atoms with Crippen LogP contribution in [0.1, 0.15) is 33.2 Å². The highest BCUT2D eigenvalue weighted by Crippen LogP contribution is 2.25. The summed E-state index contributed by atoms with van der Waals surface area (Å²) in [5.41, 5.74) is 1.80. The molecule has 3 rings (SSSR count). The number of Topliss-reactive ketones (excluding diaryl/α,β-unsaturated/α-hetero) is 1. The maximum Gasteiger partial charge on any atom is 0.255 e. The number of ether oxygens (including phenoxy) is 1. The zero-order chi connectivity index (χ0) is 24.2. The van der Waals surface area contributed by atoms with Crippen molar-refractivity contribution in [2.75, 3.05) is 19.5 Å². The number of carbonyl (C=O) groups is 2. The first kappa shape index (κ1) is 24.4. The Morgan fingerprint density at radius 1 is 1.00 bits per heavy atom. The van der Waals surface area contributed by atoms with Gasteiger partial charge in [0, 0.05) is 41.0 Å². The molecular weight excluding hydrogens is 464 g/mol. The summed E-state index contributed by atoms with van der Waals surface area (Å²) in [6.07, 6.45) is 0.